The Hall–Kier alpha value is -1.31. The molecule has 94 valence electrons. The van der Waals surface area contributed by atoms with Crippen LogP contribution in [0.2, 0.25) is 0 Å². The van der Waals surface area contributed by atoms with Gasteiger partial charge in [-0.15, -0.1) is 0 Å². The molecule has 1 N–H and O–H groups in total. The highest BCUT2D eigenvalue weighted by atomic mass is 16.1. The molecule has 0 saturated carbocycles. The fourth-order valence-corrected chi connectivity index (χ4v) is 1.57. The van der Waals surface area contributed by atoms with E-state index in [0.29, 0.717) is 6.42 Å². The van der Waals surface area contributed by atoms with Gasteiger partial charge in [-0.1, -0.05) is 51.1 Å². The highest BCUT2D eigenvalue weighted by molar-refractivity contribution is 5.75. The van der Waals surface area contributed by atoms with Crippen molar-refractivity contribution in [3.63, 3.8) is 0 Å². The van der Waals surface area contributed by atoms with Crippen molar-refractivity contribution < 1.29 is 4.79 Å². The second-order valence-electron chi connectivity index (χ2n) is 5.65. The third kappa shape index (κ3) is 6.77. The minimum Gasteiger partial charge on any atom is -0.356 e. The van der Waals surface area contributed by atoms with Gasteiger partial charge in [0.1, 0.15) is 0 Å². The summed E-state index contributed by atoms with van der Waals surface area (Å²) in [5.74, 6) is 0.163. The van der Waals surface area contributed by atoms with Gasteiger partial charge in [0.05, 0.1) is 0 Å². The Kier molecular flexibility index (Phi) is 5.20. The fourth-order valence-electron chi connectivity index (χ4n) is 1.57. The van der Waals surface area contributed by atoms with Crippen LogP contribution in [-0.2, 0) is 11.2 Å². The number of carbonyl (C=O) groups is 1. The third-order valence-electron chi connectivity index (χ3n) is 2.68. The van der Waals surface area contributed by atoms with E-state index in [1.165, 1.54) is 5.56 Å². The summed E-state index contributed by atoms with van der Waals surface area (Å²) in [5, 5.41) is 2.96. The van der Waals surface area contributed by atoms with Crippen LogP contribution in [0.1, 0.15) is 39.2 Å². The molecule has 2 heteroatoms. The molecular weight excluding hydrogens is 210 g/mol. The van der Waals surface area contributed by atoms with Crippen molar-refractivity contribution in [3.8, 4) is 0 Å². The first-order valence-corrected chi connectivity index (χ1v) is 6.28. The van der Waals surface area contributed by atoms with Gasteiger partial charge in [-0.2, -0.15) is 0 Å². The zero-order valence-electron chi connectivity index (χ0n) is 11.1. The number of hydrogen-bond acceptors (Lipinski definition) is 1. The highest BCUT2D eigenvalue weighted by Crippen LogP contribution is 2.20. The van der Waals surface area contributed by atoms with Gasteiger partial charge < -0.3 is 5.32 Å². The zero-order chi connectivity index (χ0) is 12.7. The van der Waals surface area contributed by atoms with Crippen LogP contribution in [0, 0.1) is 5.41 Å². The predicted octanol–water partition coefficient (Wildman–Crippen LogP) is 3.17. The molecule has 17 heavy (non-hydrogen) atoms. The molecule has 0 aromatic heterocycles. The van der Waals surface area contributed by atoms with Crippen LogP contribution < -0.4 is 5.32 Å². The first-order chi connectivity index (χ1) is 7.97. The SMILES string of the molecule is CC(C)(C)CCC(=O)NCCc1ccccc1. The predicted molar refractivity (Wildman–Crippen MR) is 71.8 cm³/mol. The van der Waals surface area contributed by atoms with Crippen LogP contribution in [-0.4, -0.2) is 12.5 Å². The van der Waals surface area contributed by atoms with E-state index in [9.17, 15) is 4.79 Å². The Morgan fingerprint density at radius 3 is 2.41 bits per heavy atom. The lowest BCUT2D eigenvalue weighted by Gasteiger charge is -2.17. The second kappa shape index (κ2) is 6.43. The Labute approximate surface area is 104 Å². The lowest BCUT2D eigenvalue weighted by Crippen LogP contribution is -2.26. The summed E-state index contributed by atoms with van der Waals surface area (Å²) in [6, 6.07) is 10.2. The Balaban J connectivity index is 2.17. The molecule has 0 radical (unpaired) electrons. The van der Waals surface area contributed by atoms with Crippen LogP contribution in [0.25, 0.3) is 0 Å². The Morgan fingerprint density at radius 1 is 1.18 bits per heavy atom. The van der Waals surface area contributed by atoms with Crippen LogP contribution in [0.15, 0.2) is 30.3 Å². The van der Waals surface area contributed by atoms with E-state index in [-0.39, 0.29) is 11.3 Å². The molecule has 0 aliphatic carbocycles. The molecule has 1 aromatic carbocycles. The number of rotatable bonds is 5. The first-order valence-electron chi connectivity index (χ1n) is 6.28. The van der Waals surface area contributed by atoms with Gasteiger partial charge in [0.2, 0.25) is 5.91 Å². The van der Waals surface area contributed by atoms with E-state index in [1.807, 2.05) is 18.2 Å². The minimum atomic E-state index is 0.163. The van der Waals surface area contributed by atoms with Crippen LogP contribution in [0.3, 0.4) is 0 Å². The monoisotopic (exact) mass is 233 g/mol. The summed E-state index contributed by atoms with van der Waals surface area (Å²) in [6.07, 6.45) is 2.46. The molecule has 1 amide bonds. The lowest BCUT2D eigenvalue weighted by atomic mass is 9.90. The van der Waals surface area contributed by atoms with Crippen molar-refractivity contribution in [2.45, 2.75) is 40.0 Å². The summed E-state index contributed by atoms with van der Waals surface area (Å²) >= 11 is 0. The maximum Gasteiger partial charge on any atom is 0.220 e. The van der Waals surface area contributed by atoms with Crippen LogP contribution >= 0.6 is 0 Å². The first kappa shape index (κ1) is 13.8. The molecule has 0 unspecified atom stereocenters. The number of nitrogens with one attached hydrogen (secondary N) is 1. The third-order valence-corrected chi connectivity index (χ3v) is 2.68. The summed E-state index contributed by atoms with van der Waals surface area (Å²) in [5.41, 5.74) is 1.50. The maximum atomic E-state index is 11.6. The number of benzene rings is 1. The molecule has 0 bridgehead atoms. The molecule has 0 fully saturated rings. The molecular formula is C15H23NO. The van der Waals surface area contributed by atoms with Gasteiger partial charge >= 0.3 is 0 Å². The van der Waals surface area contributed by atoms with E-state index in [0.717, 1.165) is 19.4 Å². The van der Waals surface area contributed by atoms with Gasteiger partial charge in [-0.25, -0.2) is 0 Å². The summed E-state index contributed by atoms with van der Waals surface area (Å²) in [7, 11) is 0. The second-order valence-corrected chi connectivity index (χ2v) is 5.65. The summed E-state index contributed by atoms with van der Waals surface area (Å²) < 4.78 is 0. The molecule has 0 atom stereocenters. The van der Waals surface area contributed by atoms with Gasteiger partial charge in [-0.3, -0.25) is 4.79 Å². The van der Waals surface area contributed by atoms with E-state index in [4.69, 9.17) is 0 Å². The van der Waals surface area contributed by atoms with E-state index in [2.05, 4.69) is 38.2 Å². The van der Waals surface area contributed by atoms with Crippen molar-refractivity contribution in [2.75, 3.05) is 6.54 Å². The van der Waals surface area contributed by atoms with Crippen LogP contribution in [0.5, 0.6) is 0 Å². The standard InChI is InChI=1S/C15H23NO/c1-15(2,3)11-9-14(17)16-12-10-13-7-5-4-6-8-13/h4-8H,9-12H2,1-3H3,(H,16,17). The van der Waals surface area contributed by atoms with Crippen molar-refractivity contribution >= 4 is 5.91 Å². The quantitative estimate of drug-likeness (QED) is 0.831. The molecule has 0 spiro atoms. The summed E-state index contributed by atoms with van der Waals surface area (Å²) in [4.78, 5) is 11.6. The molecule has 1 aromatic rings. The van der Waals surface area contributed by atoms with Crippen molar-refractivity contribution in [2.24, 2.45) is 5.41 Å². The van der Waals surface area contributed by atoms with E-state index in [1.54, 1.807) is 0 Å². The highest BCUT2D eigenvalue weighted by Gasteiger charge is 2.12. The molecule has 0 aliphatic heterocycles. The van der Waals surface area contributed by atoms with Gasteiger partial charge in [-0.05, 0) is 23.8 Å². The van der Waals surface area contributed by atoms with Crippen molar-refractivity contribution in [3.05, 3.63) is 35.9 Å². The van der Waals surface area contributed by atoms with Gasteiger partial charge in [0, 0.05) is 13.0 Å². The fraction of sp³-hybridized carbons (Fsp3) is 0.533. The molecule has 1 rings (SSSR count). The molecule has 0 heterocycles. The van der Waals surface area contributed by atoms with Gasteiger partial charge in [0.15, 0.2) is 0 Å². The molecule has 0 aliphatic rings. The Morgan fingerprint density at radius 2 is 1.82 bits per heavy atom. The smallest absolute Gasteiger partial charge is 0.220 e. The Bertz CT molecular complexity index is 338. The largest absolute Gasteiger partial charge is 0.356 e. The maximum absolute atomic E-state index is 11.6. The summed E-state index contributed by atoms with van der Waals surface area (Å²) in [6.45, 7) is 7.20. The number of amides is 1. The van der Waals surface area contributed by atoms with Crippen LogP contribution in [0.4, 0.5) is 0 Å². The lowest BCUT2D eigenvalue weighted by molar-refractivity contribution is -0.121. The van der Waals surface area contributed by atoms with E-state index >= 15 is 0 Å². The van der Waals surface area contributed by atoms with Gasteiger partial charge in [0.25, 0.3) is 0 Å². The van der Waals surface area contributed by atoms with Crippen molar-refractivity contribution in [1.29, 1.82) is 0 Å². The average Bonchev–Trinajstić information content (AvgIpc) is 2.27. The number of hydrogen-bond donors (Lipinski definition) is 1. The normalized spacial score (nSPS) is 11.2. The zero-order valence-corrected chi connectivity index (χ0v) is 11.1. The topological polar surface area (TPSA) is 29.1 Å². The molecule has 0 saturated heterocycles. The van der Waals surface area contributed by atoms with E-state index < -0.39 is 0 Å². The van der Waals surface area contributed by atoms with Crippen molar-refractivity contribution in [1.82, 2.24) is 5.32 Å². The molecule has 2 nitrogen and oxygen atoms in total. The average molecular weight is 233 g/mol. The number of carbonyl (C=O) groups excluding carboxylic acids is 1. The minimum absolute atomic E-state index is 0.163.